The summed E-state index contributed by atoms with van der Waals surface area (Å²) in [4.78, 5) is 17.3. The van der Waals surface area contributed by atoms with E-state index in [-0.39, 0.29) is 5.91 Å². The van der Waals surface area contributed by atoms with Gasteiger partial charge in [0.15, 0.2) is 5.69 Å². The van der Waals surface area contributed by atoms with Gasteiger partial charge in [0.2, 0.25) is 0 Å². The fourth-order valence-electron chi connectivity index (χ4n) is 3.15. The van der Waals surface area contributed by atoms with Crippen molar-refractivity contribution in [2.45, 2.75) is 31.7 Å². The number of rotatable bonds is 3. The molecule has 5 heteroatoms. The minimum Gasteiger partial charge on any atom is -0.348 e. The van der Waals surface area contributed by atoms with Gasteiger partial charge in [-0.2, -0.15) is 11.3 Å². The van der Waals surface area contributed by atoms with Crippen LogP contribution in [-0.2, 0) is 0 Å². The summed E-state index contributed by atoms with van der Waals surface area (Å²) in [6, 6.07) is 8.17. The van der Waals surface area contributed by atoms with Crippen molar-refractivity contribution in [3.05, 3.63) is 46.9 Å². The summed E-state index contributed by atoms with van der Waals surface area (Å²) < 4.78 is 1.99. The molecular weight excluding hydrogens is 294 g/mol. The van der Waals surface area contributed by atoms with E-state index in [2.05, 4.69) is 15.7 Å². The van der Waals surface area contributed by atoms with Crippen molar-refractivity contribution < 1.29 is 4.79 Å². The molecule has 3 heterocycles. The zero-order valence-corrected chi connectivity index (χ0v) is 13.0. The molecule has 1 fully saturated rings. The number of amides is 1. The van der Waals surface area contributed by atoms with Crippen LogP contribution in [0.5, 0.6) is 0 Å². The Bertz CT molecular complexity index is 801. The Morgan fingerprint density at radius 2 is 2.14 bits per heavy atom. The number of hydrogen-bond acceptors (Lipinski definition) is 3. The normalized spacial score (nSPS) is 15.5. The van der Waals surface area contributed by atoms with E-state index in [9.17, 15) is 4.79 Å². The summed E-state index contributed by atoms with van der Waals surface area (Å²) in [6.07, 6.45) is 6.52. The Morgan fingerprint density at radius 1 is 1.27 bits per heavy atom. The molecule has 0 radical (unpaired) electrons. The molecule has 3 aromatic heterocycles. The first-order chi connectivity index (χ1) is 10.8. The van der Waals surface area contributed by atoms with Crippen LogP contribution in [0.25, 0.3) is 16.9 Å². The van der Waals surface area contributed by atoms with Crippen molar-refractivity contribution in [3.8, 4) is 11.3 Å². The first-order valence-corrected chi connectivity index (χ1v) is 8.58. The average molecular weight is 311 g/mol. The van der Waals surface area contributed by atoms with Crippen LogP contribution in [0.3, 0.4) is 0 Å². The molecule has 0 unspecified atom stereocenters. The Morgan fingerprint density at radius 3 is 2.91 bits per heavy atom. The maximum Gasteiger partial charge on any atom is 0.272 e. The Labute approximate surface area is 132 Å². The van der Waals surface area contributed by atoms with Gasteiger partial charge in [0, 0.05) is 23.2 Å². The molecule has 4 rings (SSSR count). The summed E-state index contributed by atoms with van der Waals surface area (Å²) in [6.45, 7) is 0. The van der Waals surface area contributed by atoms with Gasteiger partial charge in [0.1, 0.15) is 5.65 Å². The van der Waals surface area contributed by atoms with E-state index in [4.69, 9.17) is 0 Å². The van der Waals surface area contributed by atoms with Crippen molar-refractivity contribution in [2.24, 2.45) is 0 Å². The number of fused-ring (bicyclic) bond motifs is 1. The van der Waals surface area contributed by atoms with Gasteiger partial charge in [-0.25, -0.2) is 4.98 Å². The van der Waals surface area contributed by atoms with Crippen molar-refractivity contribution in [1.82, 2.24) is 14.7 Å². The minimum atomic E-state index is -0.0585. The van der Waals surface area contributed by atoms with Crippen LogP contribution in [0.2, 0.25) is 0 Å². The number of pyridine rings is 1. The minimum absolute atomic E-state index is 0.0585. The van der Waals surface area contributed by atoms with Crippen LogP contribution in [0.1, 0.15) is 36.2 Å². The molecule has 1 saturated carbocycles. The van der Waals surface area contributed by atoms with Crippen molar-refractivity contribution in [3.63, 3.8) is 0 Å². The highest BCUT2D eigenvalue weighted by molar-refractivity contribution is 7.08. The van der Waals surface area contributed by atoms with Crippen LogP contribution in [-0.4, -0.2) is 21.3 Å². The van der Waals surface area contributed by atoms with Crippen LogP contribution in [0.4, 0.5) is 0 Å². The molecule has 1 aliphatic carbocycles. The molecular formula is C17H17N3OS. The molecule has 4 nitrogen and oxygen atoms in total. The standard InChI is InChI=1S/C17H17N3OS/c21-17(18-13-5-1-2-6-13)15-16(12-8-10-22-11-12)20-9-4-3-7-14(20)19-15/h3-4,7-11,13H,1-2,5-6H2,(H,18,21). The van der Waals surface area contributed by atoms with Gasteiger partial charge in [0.05, 0.1) is 5.69 Å². The lowest BCUT2D eigenvalue weighted by Crippen LogP contribution is -2.33. The fourth-order valence-corrected chi connectivity index (χ4v) is 3.79. The van der Waals surface area contributed by atoms with Crippen LogP contribution < -0.4 is 5.32 Å². The lowest BCUT2D eigenvalue weighted by atomic mass is 10.1. The van der Waals surface area contributed by atoms with Gasteiger partial charge in [-0.1, -0.05) is 18.9 Å². The maximum absolute atomic E-state index is 12.7. The number of aromatic nitrogens is 2. The Hall–Kier alpha value is -2.14. The van der Waals surface area contributed by atoms with Crippen molar-refractivity contribution in [1.29, 1.82) is 0 Å². The van der Waals surface area contributed by atoms with Crippen LogP contribution in [0.15, 0.2) is 41.2 Å². The smallest absolute Gasteiger partial charge is 0.272 e. The van der Waals surface area contributed by atoms with E-state index >= 15 is 0 Å². The third kappa shape index (κ3) is 2.31. The zero-order valence-electron chi connectivity index (χ0n) is 12.2. The third-order valence-electron chi connectivity index (χ3n) is 4.23. The van der Waals surface area contributed by atoms with Crippen molar-refractivity contribution in [2.75, 3.05) is 0 Å². The lowest BCUT2D eigenvalue weighted by Gasteiger charge is -2.11. The molecule has 0 aliphatic heterocycles. The largest absolute Gasteiger partial charge is 0.348 e. The number of nitrogens with one attached hydrogen (secondary N) is 1. The average Bonchev–Trinajstić information content (AvgIpc) is 3.26. The zero-order chi connectivity index (χ0) is 14.9. The predicted octanol–water partition coefficient (Wildman–Crippen LogP) is 3.74. The lowest BCUT2D eigenvalue weighted by molar-refractivity contribution is 0.0934. The Kier molecular flexibility index (Phi) is 3.42. The second-order valence-corrected chi connectivity index (χ2v) is 6.48. The summed E-state index contributed by atoms with van der Waals surface area (Å²) in [5.41, 5.74) is 3.25. The van der Waals surface area contributed by atoms with Gasteiger partial charge in [-0.15, -0.1) is 0 Å². The molecule has 1 aliphatic rings. The van der Waals surface area contributed by atoms with E-state index in [1.165, 1.54) is 12.8 Å². The molecule has 1 N–H and O–H groups in total. The van der Waals surface area contributed by atoms with Crippen LogP contribution in [0, 0.1) is 0 Å². The van der Waals surface area contributed by atoms with Gasteiger partial charge in [-0.05, 0) is 36.4 Å². The molecule has 1 amide bonds. The fraction of sp³-hybridized carbons (Fsp3) is 0.294. The molecule has 0 bridgehead atoms. The Balaban J connectivity index is 1.79. The predicted molar refractivity (Wildman–Crippen MR) is 88.2 cm³/mol. The molecule has 0 saturated heterocycles. The van der Waals surface area contributed by atoms with Gasteiger partial charge >= 0.3 is 0 Å². The second kappa shape index (κ2) is 5.57. The number of imidazole rings is 1. The molecule has 3 aromatic rings. The summed E-state index contributed by atoms with van der Waals surface area (Å²) in [5.74, 6) is -0.0585. The molecule has 0 atom stereocenters. The molecule has 22 heavy (non-hydrogen) atoms. The quantitative estimate of drug-likeness (QED) is 0.801. The molecule has 0 spiro atoms. The first-order valence-electron chi connectivity index (χ1n) is 7.63. The number of carbonyl (C=O) groups excluding carboxylic acids is 1. The summed E-state index contributed by atoms with van der Waals surface area (Å²) in [7, 11) is 0. The highest BCUT2D eigenvalue weighted by Crippen LogP contribution is 2.28. The highest BCUT2D eigenvalue weighted by Gasteiger charge is 2.24. The first kappa shape index (κ1) is 13.5. The van der Waals surface area contributed by atoms with E-state index in [1.54, 1.807) is 11.3 Å². The number of nitrogens with zero attached hydrogens (tertiary/aromatic N) is 2. The second-order valence-electron chi connectivity index (χ2n) is 5.70. The monoisotopic (exact) mass is 311 g/mol. The third-order valence-corrected chi connectivity index (χ3v) is 4.91. The highest BCUT2D eigenvalue weighted by atomic mass is 32.1. The van der Waals surface area contributed by atoms with Crippen LogP contribution >= 0.6 is 11.3 Å². The topological polar surface area (TPSA) is 46.4 Å². The van der Waals surface area contributed by atoms with Gasteiger partial charge in [-0.3, -0.25) is 9.20 Å². The number of carbonyl (C=O) groups is 1. The maximum atomic E-state index is 12.7. The molecule has 112 valence electrons. The summed E-state index contributed by atoms with van der Waals surface area (Å²) >= 11 is 1.63. The van der Waals surface area contributed by atoms with Crippen molar-refractivity contribution >= 4 is 22.9 Å². The van der Waals surface area contributed by atoms with Gasteiger partial charge in [0.25, 0.3) is 5.91 Å². The van der Waals surface area contributed by atoms with E-state index < -0.39 is 0 Å². The summed E-state index contributed by atoms with van der Waals surface area (Å²) in [5, 5.41) is 7.23. The van der Waals surface area contributed by atoms with Gasteiger partial charge < -0.3 is 5.32 Å². The van der Waals surface area contributed by atoms with E-state index in [1.807, 2.05) is 40.2 Å². The SMILES string of the molecule is O=C(NC1CCCC1)c1nc2ccccn2c1-c1ccsc1. The number of hydrogen-bond donors (Lipinski definition) is 1. The molecule has 0 aromatic carbocycles. The van der Waals surface area contributed by atoms with E-state index in [0.717, 1.165) is 29.7 Å². The number of thiophene rings is 1. The van der Waals surface area contributed by atoms with E-state index in [0.29, 0.717) is 11.7 Å².